The highest BCUT2D eigenvalue weighted by molar-refractivity contribution is 7.92. The SMILES string of the molecule is CN(C(=O)Oc1ccc(NS(=O)(=O)c2ccccc2C(=O)O)cc1)c1ccccc1. The van der Waals surface area contributed by atoms with Crippen molar-refractivity contribution in [3.8, 4) is 5.75 Å². The normalized spacial score (nSPS) is 10.8. The molecule has 0 atom stereocenters. The molecular weight excluding hydrogens is 408 g/mol. The Hall–Kier alpha value is -3.85. The number of sulfonamides is 1. The summed E-state index contributed by atoms with van der Waals surface area (Å²) < 4.78 is 32.7. The lowest BCUT2D eigenvalue weighted by Gasteiger charge is -2.17. The Kier molecular flexibility index (Phi) is 6.03. The second kappa shape index (κ2) is 8.66. The van der Waals surface area contributed by atoms with Gasteiger partial charge in [0.05, 0.1) is 5.56 Å². The van der Waals surface area contributed by atoms with E-state index in [2.05, 4.69) is 4.72 Å². The molecule has 1 amide bonds. The van der Waals surface area contributed by atoms with E-state index in [-0.39, 0.29) is 21.9 Å². The summed E-state index contributed by atoms with van der Waals surface area (Å²) in [6, 6.07) is 19.9. The number of anilines is 2. The number of hydrogen-bond donors (Lipinski definition) is 2. The summed E-state index contributed by atoms with van der Waals surface area (Å²) in [6.45, 7) is 0. The lowest BCUT2D eigenvalue weighted by Crippen LogP contribution is -2.29. The van der Waals surface area contributed by atoms with E-state index in [9.17, 15) is 23.1 Å². The van der Waals surface area contributed by atoms with Crippen LogP contribution in [0.15, 0.2) is 83.8 Å². The molecule has 0 aliphatic rings. The maximum atomic E-state index is 12.6. The van der Waals surface area contributed by atoms with Gasteiger partial charge in [-0.1, -0.05) is 30.3 Å². The van der Waals surface area contributed by atoms with Crippen LogP contribution in [0.25, 0.3) is 0 Å². The lowest BCUT2D eigenvalue weighted by molar-refractivity contribution is 0.0692. The molecule has 0 unspecified atom stereocenters. The van der Waals surface area contributed by atoms with Gasteiger partial charge in [0.25, 0.3) is 10.0 Å². The molecule has 0 spiro atoms. The Morgan fingerprint density at radius 2 is 1.50 bits per heavy atom. The fourth-order valence-electron chi connectivity index (χ4n) is 2.61. The number of aromatic carboxylic acids is 1. The highest BCUT2D eigenvalue weighted by Gasteiger charge is 2.22. The van der Waals surface area contributed by atoms with Crippen molar-refractivity contribution in [1.29, 1.82) is 0 Å². The molecule has 0 aromatic heterocycles. The average molecular weight is 426 g/mol. The molecule has 2 N–H and O–H groups in total. The molecule has 0 radical (unpaired) electrons. The number of ether oxygens (including phenoxy) is 1. The van der Waals surface area contributed by atoms with Gasteiger partial charge < -0.3 is 9.84 Å². The summed E-state index contributed by atoms with van der Waals surface area (Å²) in [4.78, 5) is 24.5. The maximum absolute atomic E-state index is 12.6. The van der Waals surface area contributed by atoms with Gasteiger partial charge in [-0.2, -0.15) is 0 Å². The van der Waals surface area contributed by atoms with Gasteiger partial charge in [0.1, 0.15) is 10.6 Å². The van der Waals surface area contributed by atoms with E-state index in [1.807, 2.05) is 6.07 Å². The van der Waals surface area contributed by atoms with Gasteiger partial charge in [-0.15, -0.1) is 0 Å². The van der Waals surface area contributed by atoms with E-state index < -0.39 is 22.1 Å². The molecule has 9 heteroatoms. The average Bonchev–Trinajstić information content (AvgIpc) is 2.75. The second-order valence-electron chi connectivity index (χ2n) is 6.19. The molecule has 3 aromatic carbocycles. The first-order chi connectivity index (χ1) is 14.3. The number of rotatable bonds is 6. The molecule has 0 saturated carbocycles. The minimum absolute atomic E-state index is 0.186. The van der Waals surface area contributed by atoms with Crippen LogP contribution in [-0.4, -0.2) is 32.6 Å². The van der Waals surface area contributed by atoms with Gasteiger partial charge in [-0.25, -0.2) is 18.0 Å². The van der Waals surface area contributed by atoms with Crippen molar-refractivity contribution in [3.63, 3.8) is 0 Å². The number of carboxylic acids is 1. The number of carboxylic acid groups (broad SMARTS) is 1. The summed E-state index contributed by atoms with van der Waals surface area (Å²) in [5, 5.41) is 9.20. The highest BCUT2D eigenvalue weighted by Crippen LogP contribution is 2.22. The minimum atomic E-state index is -4.12. The van der Waals surface area contributed by atoms with Crippen molar-refractivity contribution in [2.45, 2.75) is 4.90 Å². The Balaban J connectivity index is 1.72. The molecule has 0 aliphatic carbocycles. The van der Waals surface area contributed by atoms with Gasteiger partial charge in [0, 0.05) is 18.4 Å². The predicted octanol–water partition coefficient (Wildman–Crippen LogP) is 3.82. The van der Waals surface area contributed by atoms with Crippen molar-refractivity contribution < 1.29 is 27.9 Å². The molecule has 8 nitrogen and oxygen atoms in total. The summed E-state index contributed by atoms with van der Waals surface area (Å²) >= 11 is 0. The fourth-order valence-corrected chi connectivity index (χ4v) is 3.86. The van der Waals surface area contributed by atoms with Crippen molar-refractivity contribution >= 4 is 33.5 Å². The number of nitrogens with zero attached hydrogens (tertiary/aromatic N) is 1. The molecule has 0 aliphatic heterocycles. The fraction of sp³-hybridized carbons (Fsp3) is 0.0476. The number of amides is 1. The minimum Gasteiger partial charge on any atom is -0.478 e. The number of benzene rings is 3. The quantitative estimate of drug-likeness (QED) is 0.620. The molecule has 3 rings (SSSR count). The summed E-state index contributed by atoms with van der Waals surface area (Å²) in [5.74, 6) is -1.13. The van der Waals surface area contributed by atoms with Gasteiger partial charge in [0.2, 0.25) is 0 Å². The van der Waals surface area contributed by atoms with Crippen LogP contribution >= 0.6 is 0 Å². The first kappa shape index (κ1) is 20.9. The van der Waals surface area contributed by atoms with Crippen LogP contribution < -0.4 is 14.4 Å². The topological polar surface area (TPSA) is 113 Å². The Bertz CT molecular complexity index is 1160. The third-order valence-electron chi connectivity index (χ3n) is 4.14. The zero-order chi connectivity index (χ0) is 21.7. The molecule has 30 heavy (non-hydrogen) atoms. The molecule has 0 heterocycles. The van der Waals surface area contributed by atoms with Crippen LogP contribution in [-0.2, 0) is 10.0 Å². The number of para-hydroxylation sites is 1. The van der Waals surface area contributed by atoms with Gasteiger partial charge in [-0.3, -0.25) is 9.62 Å². The smallest absolute Gasteiger partial charge is 0.419 e. The summed E-state index contributed by atoms with van der Waals surface area (Å²) in [6.07, 6.45) is -0.607. The molecule has 0 fully saturated rings. The third kappa shape index (κ3) is 4.76. The van der Waals surface area contributed by atoms with Crippen LogP contribution in [0, 0.1) is 0 Å². The Morgan fingerprint density at radius 1 is 0.900 bits per heavy atom. The van der Waals surface area contributed by atoms with E-state index in [4.69, 9.17) is 4.74 Å². The van der Waals surface area contributed by atoms with Gasteiger partial charge in [-0.05, 0) is 48.5 Å². The summed E-state index contributed by atoms with van der Waals surface area (Å²) in [5.41, 5.74) is 0.509. The van der Waals surface area contributed by atoms with Gasteiger partial charge >= 0.3 is 12.1 Å². The molecule has 3 aromatic rings. The first-order valence-electron chi connectivity index (χ1n) is 8.74. The highest BCUT2D eigenvalue weighted by atomic mass is 32.2. The maximum Gasteiger partial charge on any atom is 0.419 e. The molecule has 154 valence electrons. The van der Waals surface area contributed by atoms with Crippen molar-refractivity contribution in [1.82, 2.24) is 0 Å². The van der Waals surface area contributed by atoms with Crippen LogP contribution in [0.2, 0.25) is 0 Å². The second-order valence-corrected chi connectivity index (χ2v) is 7.84. The van der Waals surface area contributed by atoms with Crippen LogP contribution in [0.4, 0.5) is 16.2 Å². The van der Waals surface area contributed by atoms with Crippen LogP contribution in [0.1, 0.15) is 10.4 Å². The Labute approximate surface area is 173 Å². The number of carbonyl (C=O) groups excluding carboxylic acids is 1. The zero-order valence-electron chi connectivity index (χ0n) is 15.8. The van der Waals surface area contributed by atoms with E-state index in [1.54, 1.807) is 31.3 Å². The lowest BCUT2D eigenvalue weighted by atomic mass is 10.2. The third-order valence-corrected chi connectivity index (χ3v) is 5.58. The first-order valence-corrected chi connectivity index (χ1v) is 10.2. The van der Waals surface area contributed by atoms with Gasteiger partial charge in [0.15, 0.2) is 0 Å². The molecule has 0 saturated heterocycles. The monoisotopic (exact) mass is 426 g/mol. The van der Waals surface area contributed by atoms with E-state index in [0.717, 1.165) is 0 Å². The van der Waals surface area contributed by atoms with Crippen molar-refractivity contribution in [2.24, 2.45) is 0 Å². The number of nitrogens with one attached hydrogen (secondary N) is 1. The summed E-state index contributed by atoms with van der Waals surface area (Å²) in [7, 11) is -2.55. The molecule has 0 bridgehead atoms. The largest absolute Gasteiger partial charge is 0.478 e. The predicted molar refractivity (Wildman–Crippen MR) is 112 cm³/mol. The molecular formula is C21H18N2O6S. The van der Waals surface area contributed by atoms with Crippen LogP contribution in [0.3, 0.4) is 0 Å². The van der Waals surface area contributed by atoms with E-state index in [1.165, 1.54) is 53.4 Å². The Morgan fingerprint density at radius 3 is 2.13 bits per heavy atom. The standard InChI is InChI=1S/C21H18N2O6S/c1-23(16-7-3-2-4-8-16)21(26)29-17-13-11-15(12-14-17)22-30(27,28)19-10-6-5-9-18(19)20(24)25/h2-14,22H,1H3,(H,24,25). The van der Waals surface area contributed by atoms with Crippen molar-refractivity contribution in [3.05, 3.63) is 84.4 Å². The van der Waals surface area contributed by atoms with E-state index >= 15 is 0 Å². The van der Waals surface area contributed by atoms with E-state index in [0.29, 0.717) is 5.69 Å². The number of carbonyl (C=O) groups is 2. The number of hydrogen-bond acceptors (Lipinski definition) is 5. The van der Waals surface area contributed by atoms with Crippen LogP contribution in [0.5, 0.6) is 5.75 Å². The van der Waals surface area contributed by atoms with Crippen molar-refractivity contribution in [2.75, 3.05) is 16.7 Å². The zero-order valence-corrected chi connectivity index (χ0v) is 16.7.